The SMILES string of the molecule is COc1cc2c(C)c(C(C)=O)oc2c(C(C)=O)c1OC. The van der Waals surface area contributed by atoms with Crippen molar-refractivity contribution in [3.63, 3.8) is 0 Å². The van der Waals surface area contributed by atoms with Crippen molar-refractivity contribution in [2.75, 3.05) is 14.2 Å². The molecule has 0 spiro atoms. The second-order valence-electron chi connectivity index (χ2n) is 4.53. The molecule has 0 N–H and O–H groups in total. The van der Waals surface area contributed by atoms with Gasteiger partial charge in [0.25, 0.3) is 0 Å². The Kier molecular flexibility index (Phi) is 3.53. The third kappa shape index (κ3) is 1.95. The smallest absolute Gasteiger partial charge is 0.195 e. The monoisotopic (exact) mass is 276 g/mol. The highest BCUT2D eigenvalue weighted by molar-refractivity contribution is 6.11. The lowest BCUT2D eigenvalue weighted by molar-refractivity contribution is 0.0981. The van der Waals surface area contributed by atoms with E-state index >= 15 is 0 Å². The molecule has 5 nitrogen and oxygen atoms in total. The normalized spacial score (nSPS) is 10.7. The van der Waals surface area contributed by atoms with E-state index in [9.17, 15) is 9.59 Å². The van der Waals surface area contributed by atoms with Crippen molar-refractivity contribution in [1.29, 1.82) is 0 Å². The van der Waals surface area contributed by atoms with Gasteiger partial charge in [-0.05, 0) is 19.9 Å². The Hall–Kier alpha value is -2.30. The van der Waals surface area contributed by atoms with Crippen LogP contribution in [0, 0.1) is 6.92 Å². The molecule has 0 aliphatic heterocycles. The number of ether oxygens (including phenoxy) is 2. The van der Waals surface area contributed by atoms with Crippen molar-refractivity contribution < 1.29 is 23.5 Å². The van der Waals surface area contributed by atoms with E-state index in [1.165, 1.54) is 28.1 Å². The van der Waals surface area contributed by atoms with Crippen molar-refractivity contribution >= 4 is 22.5 Å². The number of aryl methyl sites for hydroxylation is 1. The zero-order valence-corrected chi connectivity index (χ0v) is 12.1. The van der Waals surface area contributed by atoms with Crippen molar-refractivity contribution in [2.45, 2.75) is 20.8 Å². The number of rotatable bonds is 4. The minimum Gasteiger partial charge on any atom is -0.493 e. The number of furan rings is 1. The van der Waals surface area contributed by atoms with Gasteiger partial charge in [-0.2, -0.15) is 0 Å². The molecule has 0 amide bonds. The predicted octanol–water partition coefficient (Wildman–Crippen LogP) is 3.16. The van der Waals surface area contributed by atoms with Gasteiger partial charge in [0.1, 0.15) is 11.1 Å². The Morgan fingerprint density at radius 3 is 2.20 bits per heavy atom. The largest absolute Gasteiger partial charge is 0.493 e. The molecule has 2 aromatic rings. The highest BCUT2D eigenvalue weighted by atomic mass is 16.5. The molecular weight excluding hydrogens is 260 g/mol. The Balaban J connectivity index is 2.97. The third-order valence-electron chi connectivity index (χ3n) is 3.24. The highest BCUT2D eigenvalue weighted by Crippen LogP contribution is 2.40. The quantitative estimate of drug-likeness (QED) is 0.802. The lowest BCUT2D eigenvalue weighted by Crippen LogP contribution is -2.01. The summed E-state index contributed by atoms with van der Waals surface area (Å²) in [6, 6.07) is 1.71. The number of hydrogen-bond donors (Lipinski definition) is 0. The summed E-state index contributed by atoms with van der Waals surface area (Å²) in [5.41, 5.74) is 1.34. The average molecular weight is 276 g/mol. The number of ketones is 2. The summed E-state index contributed by atoms with van der Waals surface area (Å²) < 4.78 is 16.1. The fourth-order valence-electron chi connectivity index (χ4n) is 2.32. The summed E-state index contributed by atoms with van der Waals surface area (Å²) in [4.78, 5) is 23.5. The third-order valence-corrected chi connectivity index (χ3v) is 3.24. The second kappa shape index (κ2) is 5.00. The van der Waals surface area contributed by atoms with Gasteiger partial charge in [0.2, 0.25) is 0 Å². The maximum absolute atomic E-state index is 11.9. The van der Waals surface area contributed by atoms with E-state index in [2.05, 4.69) is 0 Å². The van der Waals surface area contributed by atoms with E-state index in [4.69, 9.17) is 13.9 Å². The molecule has 0 unspecified atom stereocenters. The molecule has 0 radical (unpaired) electrons. The Labute approximate surface area is 116 Å². The van der Waals surface area contributed by atoms with Crippen LogP contribution in [-0.2, 0) is 0 Å². The van der Waals surface area contributed by atoms with Gasteiger partial charge in [-0.25, -0.2) is 0 Å². The van der Waals surface area contributed by atoms with Crippen LogP contribution < -0.4 is 9.47 Å². The van der Waals surface area contributed by atoms with Gasteiger partial charge in [-0.3, -0.25) is 9.59 Å². The van der Waals surface area contributed by atoms with E-state index in [1.807, 2.05) is 0 Å². The number of carbonyl (C=O) groups is 2. The summed E-state index contributed by atoms with van der Waals surface area (Å²) in [5.74, 6) is 0.596. The van der Waals surface area contributed by atoms with Crippen LogP contribution in [0.25, 0.3) is 11.0 Å². The first-order chi connectivity index (χ1) is 9.42. The molecule has 0 aliphatic carbocycles. The van der Waals surface area contributed by atoms with Crippen LogP contribution in [0.2, 0.25) is 0 Å². The van der Waals surface area contributed by atoms with E-state index in [0.29, 0.717) is 28.0 Å². The van der Waals surface area contributed by atoms with E-state index in [1.54, 1.807) is 13.0 Å². The number of hydrogen-bond acceptors (Lipinski definition) is 5. The molecule has 2 rings (SSSR count). The maximum atomic E-state index is 11.9. The highest BCUT2D eigenvalue weighted by Gasteiger charge is 2.25. The first kappa shape index (κ1) is 14.1. The van der Waals surface area contributed by atoms with Crippen LogP contribution in [0.3, 0.4) is 0 Å². The first-order valence-corrected chi connectivity index (χ1v) is 6.12. The van der Waals surface area contributed by atoms with Gasteiger partial charge < -0.3 is 13.9 Å². The zero-order valence-electron chi connectivity index (χ0n) is 12.1. The number of benzene rings is 1. The number of methoxy groups -OCH3 is 2. The Morgan fingerprint density at radius 1 is 1.10 bits per heavy atom. The van der Waals surface area contributed by atoms with Crippen molar-refractivity contribution in [1.82, 2.24) is 0 Å². The molecule has 20 heavy (non-hydrogen) atoms. The second-order valence-corrected chi connectivity index (χ2v) is 4.53. The minimum absolute atomic E-state index is 0.189. The van der Waals surface area contributed by atoms with Gasteiger partial charge in [-0.1, -0.05) is 0 Å². The van der Waals surface area contributed by atoms with Gasteiger partial charge in [0.15, 0.2) is 28.8 Å². The summed E-state index contributed by atoms with van der Waals surface area (Å²) in [6.45, 7) is 4.62. The molecular formula is C15H16O5. The molecule has 0 bridgehead atoms. The topological polar surface area (TPSA) is 65.7 Å². The molecule has 1 aromatic carbocycles. The molecule has 5 heteroatoms. The molecule has 1 heterocycles. The standard InChI is InChI=1S/C15H16O5/c1-7-10-6-11(18-4)15(19-5)12(8(2)16)14(10)20-13(7)9(3)17/h6H,1-5H3. The molecule has 0 fully saturated rings. The Bertz CT molecular complexity index is 709. The van der Waals surface area contributed by atoms with Crippen LogP contribution in [0.1, 0.15) is 40.3 Å². The minimum atomic E-state index is -0.213. The van der Waals surface area contributed by atoms with Crippen molar-refractivity contribution in [3.8, 4) is 11.5 Å². The average Bonchev–Trinajstić information content (AvgIpc) is 2.73. The summed E-state index contributed by atoms with van der Waals surface area (Å²) in [7, 11) is 2.95. The molecule has 0 aliphatic rings. The number of fused-ring (bicyclic) bond motifs is 1. The zero-order chi connectivity index (χ0) is 15.0. The summed E-state index contributed by atoms with van der Waals surface area (Å²) >= 11 is 0. The molecule has 1 aromatic heterocycles. The van der Waals surface area contributed by atoms with Gasteiger partial charge in [-0.15, -0.1) is 0 Å². The van der Waals surface area contributed by atoms with E-state index in [-0.39, 0.29) is 22.9 Å². The number of carbonyl (C=O) groups excluding carboxylic acids is 2. The first-order valence-electron chi connectivity index (χ1n) is 6.12. The van der Waals surface area contributed by atoms with Gasteiger partial charge >= 0.3 is 0 Å². The lowest BCUT2D eigenvalue weighted by Gasteiger charge is -2.11. The van der Waals surface area contributed by atoms with Crippen molar-refractivity contribution in [3.05, 3.63) is 23.0 Å². The summed E-state index contributed by atoms with van der Waals surface area (Å²) in [5, 5.41) is 0.679. The molecule has 0 atom stereocenters. The fourth-order valence-corrected chi connectivity index (χ4v) is 2.32. The maximum Gasteiger partial charge on any atom is 0.195 e. The fraction of sp³-hybridized carbons (Fsp3) is 0.333. The van der Waals surface area contributed by atoms with E-state index in [0.717, 1.165) is 0 Å². The summed E-state index contributed by atoms with van der Waals surface area (Å²) in [6.07, 6.45) is 0. The van der Waals surface area contributed by atoms with Crippen molar-refractivity contribution in [2.24, 2.45) is 0 Å². The van der Waals surface area contributed by atoms with Crippen LogP contribution in [0.15, 0.2) is 10.5 Å². The molecule has 0 saturated heterocycles. The van der Waals surface area contributed by atoms with Crippen LogP contribution in [0.5, 0.6) is 11.5 Å². The predicted molar refractivity (Wildman–Crippen MR) is 74.1 cm³/mol. The van der Waals surface area contributed by atoms with Crippen LogP contribution in [-0.4, -0.2) is 25.8 Å². The molecule has 0 saturated carbocycles. The number of Topliss-reactive ketones (excluding diaryl/α,β-unsaturated/α-hetero) is 2. The van der Waals surface area contributed by atoms with E-state index < -0.39 is 0 Å². The molecule has 106 valence electrons. The van der Waals surface area contributed by atoms with Gasteiger partial charge in [0, 0.05) is 17.9 Å². The van der Waals surface area contributed by atoms with Crippen LogP contribution >= 0.6 is 0 Å². The Morgan fingerprint density at radius 2 is 1.75 bits per heavy atom. The van der Waals surface area contributed by atoms with Gasteiger partial charge in [0.05, 0.1) is 14.2 Å². The van der Waals surface area contributed by atoms with Crippen LogP contribution in [0.4, 0.5) is 0 Å². The lowest BCUT2D eigenvalue weighted by atomic mass is 10.0.